The average Bonchev–Trinajstić information content (AvgIpc) is 3.10. The molecule has 0 unspecified atom stereocenters. The highest BCUT2D eigenvalue weighted by molar-refractivity contribution is 5.02. The molecule has 4 atom stereocenters. The first-order valence-electron chi connectivity index (χ1n) is 11.6. The van der Waals surface area contributed by atoms with E-state index in [1.54, 1.807) is 0 Å². The fourth-order valence-corrected chi connectivity index (χ4v) is 6.87. The van der Waals surface area contributed by atoms with Crippen LogP contribution in [0.5, 0.6) is 0 Å². The van der Waals surface area contributed by atoms with Gasteiger partial charge in [-0.05, 0) is 50.0 Å². The first-order chi connectivity index (χ1) is 13.3. The summed E-state index contributed by atoms with van der Waals surface area (Å²) >= 11 is 0. The highest BCUT2D eigenvalue weighted by atomic mass is 15.3. The Kier molecular flexibility index (Phi) is 5.25. The number of piperidine rings is 3. The van der Waals surface area contributed by atoms with Gasteiger partial charge in [0.15, 0.2) is 0 Å². The molecule has 2 bridgehead atoms. The summed E-state index contributed by atoms with van der Waals surface area (Å²) in [6.45, 7) is 4.88. The van der Waals surface area contributed by atoms with E-state index in [1.165, 1.54) is 83.8 Å². The maximum absolute atomic E-state index is 4.36. The van der Waals surface area contributed by atoms with Crippen LogP contribution in [-0.4, -0.2) is 56.3 Å². The molecular weight excluding hydrogens is 334 g/mol. The molecule has 4 aliphatic rings. The largest absolute Gasteiger partial charge is 0.320 e. The average molecular weight is 372 g/mol. The fourth-order valence-electron chi connectivity index (χ4n) is 6.87. The number of hydrogen-bond acceptors (Lipinski definition) is 4. The van der Waals surface area contributed by atoms with Crippen LogP contribution in [0.3, 0.4) is 0 Å². The van der Waals surface area contributed by atoms with E-state index in [0.717, 1.165) is 42.2 Å². The second kappa shape index (κ2) is 7.82. The molecule has 0 radical (unpaired) electrons. The van der Waals surface area contributed by atoms with E-state index in [0.29, 0.717) is 0 Å². The highest BCUT2D eigenvalue weighted by Gasteiger charge is 2.47. The molecule has 0 spiro atoms. The molecule has 0 aromatic carbocycles. The van der Waals surface area contributed by atoms with Crippen molar-refractivity contribution in [3.63, 3.8) is 0 Å². The van der Waals surface area contributed by atoms with Crippen molar-refractivity contribution in [1.82, 2.24) is 24.6 Å². The molecule has 1 aliphatic carbocycles. The van der Waals surface area contributed by atoms with Gasteiger partial charge in [-0.2, -0.15) is 0 Å². The van der Waals surface area contributed by atoms with E-state index in [9.17, 15) is 0 Å². The third kappa shape index (κ3) is 3.69. The lowest BCUT2D eigenvalue weighted by Crippen LogP contribution is -2.63. The Labute approximate surface area is 164 Å². The normalized spacial score (nSPS) is 35.9. The van der Waals surface area contributed by atoms with Gasteiger partial charge in [0.1, 0.15) is 12.2 Å². The summed E-state index contributed by atoms with van der Waals surface area (Å²) in [6.07, 6.45) is 16.5. The predicted octanol–water partition coefficient (Wildman–Crippen LogP) is 3.46. The lowest BCUT2D eigenvalue weighted by molar-refractivity contribution is -0.0814. The van der Waals surface area contributed by atoms with E-state index in [1.807, 2.05) is 6.33 Å². The minimum absolute atomic E-state index is 0.844. The smallest absolute Gasteiger partial charge is 0.146 e. The van der Waals surface area contributed by atoms with Gasteiger partial charge in [-0.1, -0.05) is 38.5 Å². The Morgan fingerprint density at radius 2 is 1.81 bits per heavy atom. The van der Waals surface area contributed by atoms with E-state index in [-0.39, 0.29) is 0 Å². The van der Waals surface area contributed by atoms with Crippen molar-refractivity contribution in [2.45, 2.75) is 82.8 Å². The Hall–Kier alpha value is -0.940. The van der Waals surface area contributed by atoms with Gasteiger partial charge in [0.2, 0.25) is 0 Å². The molecule has 5 nitrogen and oxygen atoms in total. The first-order valence-corrected chi connectivity index (χ1v) is 11.6. The van der Waals surface area contributed by atoms with E-state index < -0.39 is 0 Å². The van der Waals surface area contributed by atoms with Crippen LogP contribution in [0.25, 0.3) is 0 Å². The van der Waals surface area contributed by atoms with Gasteiger partial charge in [-0.3, -0.25) is 9.80 Å². The molecule has 4 heterocycles. The van der Waals surface area contributed by atoms with Crippen LogP contribution in [-0.2, 0) is 13.6 Å². The molecule has 5 heteroatoms. The van der Waals surface area contributed by atoms with E-state index in [4.69, 9.17) is 0 Å². The minimum Gasteiger partial charge on any atom is -0.320 e. The second-order valence-electron chi connectivity index (χ2n) is 9.92. The zero-order valence-electron chi connectivity index (χ0n) is 17.1. The number of rotatable bonds is 4. The summed E-state index contributed by atoms with van der Waals surface area (Å²) in [7, 11) is 2.08. The molecule has 0 N–H and O–H groups in total. The van der Waals surface area contributed by atoms with Gasteiger partial charge in [0.25, 0.3) is 0 Å². The van der Waals surface area contributed by atoms with Gasteiger partial charge in [-0.15, -0.1) is 10.2 Å². The van der Waals surface area contributed by atoms with Crippen LogP contribution in [0.15, 0.2) is 6.33 Å². The van der Waals surface area contributed by atoms with Crippen LogP contribution >= 0.6 is 0 Å². The first kappa shape index (κ1) is 18.1. The number of likely N-dealkylation sites (tertiary alicyclic amines) is 1. The SMILES string of the molecule is Cn1cnnc1CN1C[C@H]2C[C@@H](C1)[C@H](CC1CCCCC1)N1CCCC[C@@H]21. The monoisotopic (exact) mass is 371 g/mol. The summed E-state index contributed by atoms with van der Waals surface area (Å²) < 4.78 is 2.09. The lowest BCUT2D eigenvalue weighted by Gasteiger charge is -2.57. The molecule has 27 heavy (non-hydrogen) atoms. The quantitative estimate of drug-likeness (QED) is 0.812. The molecule has 3 aliphatic heterocycles. The van der Waals surface area contributed by atoms with Crippen molar-refractivity contribution in [3.05, 3.63) is 12.2 Å². The van der Waals surface area contributed by atoms with Crippen molar-refractivity contribution in [3.8, 4) is 0 Å². The molecule has 1 aromatic rings. The van der Waals surface area contributed by atoms with Crippen molar-refractivity contribution in [1.29, 1.82) is 0 Å². The third-order valence-corrected chi connectivity index (χ3v) is 8.17. The maximum atomic E-state index is 4.36. The van der Waals surface area contributed by atoms with Crippen LogP contribution in [0.4, 0.5) is 0 Å². The van der Waals surface area contributed by atoms with Gasteiger partial charge in [0.05, 0.1) is 6.54 Å². The summed E-state index contributed by atoms with van der Waals surface area (Å²) in [5.41, 5.74) is 0. The Balaban J connectivity index is 1.33. The van der Waals surface area contributed by atoms with Gasteiger partial charge in [0, 0.05) is 32.2 Å². The van der Waals surface area contributed by atoms with E-state index in [2.05, 4.69) is 31.6 Å². The zero-order chi connectivity index (χ0) is 18.2. The number of fused-ring (bicyclic) bond motifs is 4. The fraction of sp³-hybridized carbons (Fsp3) is 0.909. The third-order valence-electron chi connectivity index (χ3n) is 8.17. The molecule has 0 amide bonds. The van der Waals surface area contributed by atoms with E-state index >= 15 is 0 Å². The number of aryl methyl sites for hydroxylation is 1. The lowest BCUT2D eigenvalue weighted by atomic mass is 9.69. The maximum Gasteiger partial charge on any atom is 0.146 e. The van der Waals surface area contributed by atoms with Crippen molar-refractivity contribution in [2.24, 2.45) is 24.8 Å². The number of aromatic nitrogens is 3. The Morgan fingerprint density at radius 1 is 1.00 bits per heavy atom. The van der Waals surface area contributed by atoms with Crippen molar-refractivity contribution in [2.75, 3.05) is 19.6 Å². The van der Waals surface area contributed by atoms with Gasteiger partial charge in [-0.25, -0.2) is 0 Å². The molecule has 5 rings (SSSR count). The van der Waals surface area contributed by atoms with Crippen LogP contribution in [0.2, 0.25) is 0 Å². The number of hydrogen-bond donors (Lipinski definition) is 0. The van der Waals surface area contributed by atoms with Crippen LogP contribution in [0, 0.1) is 17.8 Å². The number of nitrogens with zero attached hydrogens (tertiary/aromatic N) is 5. The summed E-state index contributed by atoms with van der Waals surface area (Å²) in [5, 5.41) is 8.45. The Bertz CT molecular complexity index is 622. The zero-order valence-corrected chi connectivity index (χ0v) is 17.1. The minimum atomic E-state index is 0.844. The molecule has 3 saturated heterocycles. The second-order valence-corrected chi connectivity index (χ2v) is 9.92. The summed E-state index contributed by atoms with van der Waals surface area (Å²) in [4.78, 5) is 5.72. The van der Waals surface area contributed by atoms with Crippen LogP contribution < -0.4 is 0 Å². The molecular formula is C22H37N5. The standard InChI is InChI=1S/C22H37N5/c1-25-16-23-24-22(25)15-26-13-18-12-19(14-26)21(11-17-7-3-2-4-8-17)27-10-6-5-9-20(18)27/h16-21H,2-15H2,1H3/t18-,19+,20+,21+/m1/s1. The molecule has 150 valence electrons. The molecule has 4 fully saturated rings. The topological polar surface area (TPSA) is 37.2 Å². The predicted molar refractivity (Wildman–Crippen MR) is 107 cm³/mol. The summed E-state index contributed by atoms with van der Waals surface area (Å²) in [5.74, 6) is 3.87. The van der Waals surface area contributed by atoms with Gasteiger partial charge >= 0.3 is 0 Å². The van der Waals surface area contributed by atoms with Crippen molar-refractivity contribution >= 4 is 0 Å². The molecule has 1 aromatic heterocycles. The van der Waals surface area contributed by atoms with Crippen molar-refractivity contribution < 1.29 is 0 Å². The highest BCUT2D eigenvalue weighted by Crippen LogP contribution is 2.44. The Morgan fingerprint density at radius 3 is 2.63 bits per heavy atom. The van der Waals surface area contributed by atoms with Gasteiger partial charge < -0.3 is 4.57 Å². The van der Waals surface area contributed by atoms with Crippen LogP contribution in [0.1, 0.15) is 70.0 Å². The molecule has 1 saturated carbocycles. The summed E-state index contributed by atoms with van der Waals surface area (Å²) in [6, 6.07) is 1.70.